The highest BCUT2D eigenvalue weighted by atomic mass is 16.5. The summed E-state index contributed by atoms with van der Waals surface area (Å²) in [4.78, 5) is 14.5. The molecule has 0 unspecified atom stereocenters. The van der Waals surface area contributed by atoms with E-state index >= 15 is 0 Å². The summed E-state index contributed by atoms with van der Waals surface area (Å²) in [5.74, 6) is 0.208. The van der Waals surface area contributed by atoms with Crippen molar-refractivity contribution in [1.29, 1.82) is 0 Å². The number of hydrogen-bond donors (Lipinski definition) is 1. The molecule has 1 rings (SSSR count). The van der Waals surface area contributed by atoms with Crippen LogP contribution in [0.15, 0.2) is 29.4 Å². The molecule has 0 aliphatic heterocycles. The van der Waals surface area contributed by atoms with Crippen molar-refractivity contribution in [2.75, 3.05) is 7.11 Å². The number of carbonyl (C=O) groups is 1. The molecule has 0 aromatic heterocycles. The summed E-state index contributed by atoms with van der Waals surface area (Å²) in [5, 5.41) is 12.7. The average molecular weight is 235 g/mol. The summed E-state index contributed by atoms with van der Waals surface area (Å²) >= 11 is 0. The van der Waals surface area contributed by atoms with Crippen LogP contribution in [0.4, 0.5) is 0 Å². The van der Waals surface area contributed by atoms with Crippen molar-refractivity contribution in [3.8, 4) is 5.75 Å². The Morgan fingerprint density at radius 1 is 1.47 bits per heavy atom. The lowest BCUT2D eigenvalue weighted by Crippen LogP contribution is -2.29. The number of nitrogens with zero attached hydrogens (tertiary/aromatic N) is 3. The second-order valence-electron chi connectivity index (χ2n) is 3.48. The highest BCUT2D eigenvalue weighted by molar-refractivity contribution is 6.00. The van der Waals surface area contributed by atoms with Crippen molar-refractivity contribution in [3.05, 3.63) is 40.3 Å². The normalized spacial score (nSPS) is 13.4. The smallest absolute Gasteiger partial charge is 0.174 e. The molecule has 0 radical (unpaired) electrons. The largest absolute Gasteiger partial charge is 0.497 e. The summed E-state index contributed by atoms with van der Waals surface area (Å²) < 4.78 is 4.96. The molecule has 17 heavy (non-hydrogen) atoms. The van der Waals surface area contributed by atoms with Crippen LogP contribution in [-0.4, -0.2) is 30.1 Å². The van der Waals surface area contributed by atoms with E-state index in [4.69, 9.17) is 10.3 Å². The lowest BCUT2D eigenvalue weighted by molar-refractivity contribution is 0.0848. The Morgan fingerprint density at radius 2 is 2.06 bits per heavy atom. The number of azide groups is 1. The number of ketones is 1. The van der Waals surface area contributed by atoms with Gasteiger partial charge in [0.1, 0.15) is 11.8 Å². The van der Waals surface area contributed by atoms with Crippen LogP contribution < -0.4 is 4.74 Å². The molecular weight excluding hydrogens is 222 g/mol. The van der Waals surface area contributed by atoms with Crippen LogP contribution in [0.5, 0.6) is 5.75 Å². The average Bonchev–Trinajstić information content (AvgIpc) is 2.35. The molecule has 0 heterocycles. The molecule has 0 saturated heterocycles. The Hall–Kier alpha value is -2.04. The van der Waals surface area contributed by atoms with Gasteiger partial charge in [-0.05, 0) is 36.7 Å². The van der Waals surface area contributed by atoms with Crippen molar-refractivity contribution < 1.29 is 14.6 Å². The zero-order valence-electron chi connectivity index (χ0n) is 9.57. The molecule has 0 aliphatic rings. The van der Waals surface area contributed by atoms with Crippen molar-refractivity contribution >= 4 is 5.78 Å². The van der Waals surface area contributed by atoms with Gasteiger partial charge in [0.15, 0.2) is 5.78 Å². The highest BCUT2D eigenvalue weighted by Gasteiger charge is 2.23. The Balaban J connectivity index is 2.97. The number of aliphatic hydroxyl groups excluding tert-OH is 1. The van der Waals surface area contributed by atoms with Crippen LogP contribution >= 0.6 is 0 Å². The predicted molar refractivity (Wildman–Crippen MR) is 61.9 cm³/mol. The second-order valence-corrected chi connectivity index (χ2v) is 3.48. The number of ether oxygens (including phenoxy) is 1. The van der Waals surface area contributed by atoms with Crippen molar-refractivity contribution in [2.24, 2.45) is 5.11 Å². The molecule has 90 valence electrons. The quantitative estimate of drug-likeness (QED) is 0.365. The number of Topliss-reactive ketones (excluding diaryl/α,β-unsaturated/α-hetero) is 1. The van der Waals surface area contributed by atoms with E-state index in [-0.39, 0.29) is 0 Å². The van der Waals surface area contributed by atoms with E-state index < -0.39 is 17.9 Å². The van der Waals surface area contributed by atoms with Gasteiger partial charge in [-0.2, -0.15) is 0 Å². The van der Waals surface area contributed by atoms with E-state index in [1.165, 1.54) is 14.0 Å². The van der Waals surface area contributed by atoms with Crippen LogP contribution in [0.1, 0.15) is 17.3 Å². The molecule has 0 amide bonds. The van der Waals surface area contributed by atoms with Crippen molar-refractivity contribution in [1.82, 2.24) is 0 Å². The van der Waals surface area contributed by atoms with E-state index in [2.05, 4.69) is 10.0 Å². The topological polar surface area (TPSA) is 95.3 Å². The first-order valence-corrected chi connectivity index (χ1v) is 5.00. The fraction of sp³-hybridized carbons (Fsp3) is 0.364. The first-order chi connectivity index (χ1) is 8.10. The number of carbonyl (C=O) groups excluding carboxylic acids is 1. The molecule has 0 aliphatic carbocycles. The summed E-state index contributed by atoms with van der Waals surface area (Å²) in [5.41, 5.74) is 8.70. The minimum absolute atomic E-state index is 0.365. The Morgan fingerprint density at radius 3 is 2.47 bits per heavy atom. The number of aliphatic hydroxyl groups is 1. The molecule has 1 N–H and O–H groups in total. The van der Waals surface area contributed by atoms with Gasteiger partial charge in [-0.15, -0.1) is 0 Å². The van der Waals surface area contributed by atoms with E-state index in [1.54, 1.807) is 24.3 Å². The minimum Gasteiger partial charge on any atom is -0.497 e. The van der Waals surface area contributed by atoms with E-state index in [1.807, 2.05) is 0 Å². The summed E-state index contributed by atoms with van der Waals surface area (Å²) in [6, 6.07) is 5.27. The molecule has 1 aromatic carbocycles. The first-order valence-electron chi connectivity index (χ1n) is 5.00. The maximum absolute atomic E-state index is 11.9. The molecule has 0 bridgehead atoms. The molecule has 2 atom stereocenters. The van der Waals surface area contributed by atoms with Gasteiger partial charge < -0.3 is 9.84 Å². The van der Waals surface area contributed by atoms with Crippen LogP contribution in [0.3, 0.4) is 0 Å². The van der Waals surface area contributed by atoms with Crippen molar-refractivity contribution in [3.63, 3.8) is 0 Å². The van der Waals surface area contributed by atoms with Gasteiger partial charge in [0.25, 0.3) is 0 Å². The van der Waals surface area contributed by atoms with Gasteiger partial charge in [-0.1, -0.05) is 5.11 Å². The Bertz CT molecular complexity index is 436. The highest BCUT2D eigenvalue weighted by Crippen LogP contribution is 2.15. The summed E-state index contributed by atoms with van der Waals surface area (Å²) in [6.07, 6.45) is -1.03. The fourth-order valence-electron chi connectivity index (χ4n) is 1.35. The third-order valence-corrected chi connectivity index (χ3v) is 2.28. The molecule has 6 nitrogen and oxygen atoms in total. The van der Waals surface area contributed by atoms with Gasteiger partial charge in [0.05, 0.1) is 13.2 Å². The van der Waals surface area contributed by atoms with Crippen LogP contribution in [0.2, 0.25) is 0 Å². The third-order valence-electron chi connectivity index (χ3n) is 2.28. The maximum Gasteiger partial charge on any atom is 0.174 e. The number of hydrogen-bond acceptors (Lipinski definition) is 4. The molecule has 6 heteroatoms. The predicted octanol–water partition coefficient (Wildman–Crippen LogP) is 1.94. The molecular formula is C11H13N3O3. The van der Waals surface area contributed by atoms with Crippen LogP contribution in [0.25, 0.3) is 10.4 Å². The fourth-order valence-corrected chi connectivity index (χ4v) is 1.35. The lowest BCUT2D eigenvalue weighted by atomic mass is 10.0. The monoisotopic (exact) mass is 235 g/mol. The van der Waals surface area contributed by atoms with Gasteiger partial charge in [0.2, 0.25) is 0 Å². The van der Waals surface area contributed by atoms with Crippen LogP contribution in [-0.2, 0) is 0 Å². The lowest BCUT2D eigenvalue weighted by Gasteiger charge is -2.12. The van der Waals surface area contributed by atoms with Gasteiger partial charge in [-0.3, -0.25) is 4.79 Å². The number of methoxy groups -OCH3 is 1. The van der Waals surface area contributed by atoms with Gasteiger partial charge in [-0.25, -0.2) is 0 Å². The van der Waals surface area contributed by atoms with Gasteiger partial charge in [0, 0.05) is 10.5 Å². The van der Waals surface area contributed by atoms with Crippen LogP contribution in [0, 0.1) is 0 Å². The zero-order valence-corrected chi connectivity index (χ0v) is 9.57. The molecule has 1 aromatic rings. The summed E-state index contributed by atoms with van der Waals surface area (Å²) in [7, 11) is 1.52. The number of rotatable bonds is 5. The number of benzene rings is 1. The summed E-state index contributed by atoms with van der Waals surface area (Å²) in [6.45, 7) is 1.40. The van der Waals surface area contributed by atoms with Gasteiger partial charge >= 0.3 is 0 Å². The Kier molecular flexibility index (Phi) is 4.51. The van der Waals surface area contributed by atoms with E-state index in [0.717, 1.165) is 0 Å². The molecule has 0 saturated carbocycles. The Labute approximate surface area is 98.5 Å². The van der Waals surface area contributed by atoms with Crippen molar-refractivity contribution in [2.45, 2.75) is 19.1 Å². The standard InChI is InChI=1S/C11H13N3O3/c1-7(15)10(13-14-12)11(16)8-3-5-9(17-2)6-4-8/h3-7,10,15H,1-2H3/t7-,10+/m0/s1. The molecule has 0 spiro atoms. The minimum atomic E-state index is -1.10. The van der Waals surface area contributed by atoms with E-state index in [9.17, 15) is 9.90 Å². The zero-order chi connectivity index (χ0) is 12.8. The third kappa shape index (κ3) is 3.21. The van der Waals surface area contributed by atoms with E-state index in [0.29, 0.717) is 11.3 Å². The maximum atomic E-state index is 11.9. The second kappa shape index (κ2) is 5.89. The first kappa shape index (κ1) is 13.0. The SMILES string of the molecule is COc1ccc(C(=O)[C@H](N=[N+]=[N-])[C@H](C)O)cc1. The molecule has 0 fully saturated rings.